The van der Waals surface area contributed by atoms with Gasteiger partial charge in [0.1, 0.15) is 12.2 Å². The third-order valence-corrected chi connectivity index (χ3v) is 11.2. The number of aliphatic hydroxyl groups excluding tert-OH is 1. The van der Waals surface area contributed by atoms with Gasteiger partial charge in [-0.3, -0.25) is 14.8 Å². The Morgan fingerprint density at radius 3 is 2.31 bits per heavy atom. The lowest BCUT2D eigenvalue weighted by Crippen LogP contribution is -2.68. The Labute approximate surface area is 264 Å². The maximum absolute atomic E-state index is 13.6. The molecule has 2 saturated carbocycles. The van der Waals surface area contributed by atoms with Gasteiger partial charge in [0, 0.05) is 35.5 Å². The number of aliphatic hydroxyl groups is 3. The van der Waals surface area contributed by atoms with E-state index in [0.29, 0.717) is 6.42 Å². The van der Waals surface area contributed by atoms with Crippen LogP contribution >= 0.6 is 0 Å². The predicted octanol–water partition coefficient (Wildman–Crippen LogP) is 4.17. The molecule has 4 aliphatic carbocycles. The van der Waals surface area contributed by atoms with Crippen LogP contribution in [-0.2, 0) is 24.0 Å². The zero-order valence-corrected chi connectivity index (χ0v) is 26.7. The van der Waals surface area contributed by atoms with E-state index in [4.69, 9.17) is 14.4 Å². The van der Waals surface area contributed by atoms with Crippen molar-refractivity contribution in [2.45, 2.75) is 102 Å². The maximum atomic E-state index is 13.6. The van der Waals surface area contributed by atoms with Crippen molar-refractivity contribution in [3.05, 3.63) is 59.2 Å². The van der Waals surface area contributed by atoms with Gasteiger partial charge in [-0.15, -0.1) is 0 Å². The van der Waals surface area contributed by atoms with Crippen LogP contribution in [0.3, 0.4) is 0 Å². The molecule has 2 fully saturated rings. The summed E-state index contributed by atoms with van der Waals surface area (Å²) in [6.45, 7) is 8.27. The van der Waals surface area contributed by atoms with Crippen LogP contribution in [0.2, 0.25) is 0 Å². The molecule has 246 valence electrons. The molecular formula is C35H46O10. The fourth-order valence-corrected chi connectivity index (χ4v) is 8.88. The van der Waals surface area contributed by atoms with E-state index in [-0.39, 0.29) is 23.1 Å². The molecule has 0 heterocycles. The minimum Gasteiger partial charge on any atom is -0.454 e. The number of ether oxygens (including phenoxy) is 2. The second-order valence-electron chi connectivity index (χ2n) is 13.9. The first kappa shape index (κ1) is 33.5. The standard InChI is InChI=1S/C35H46O10/c1-6-7-8-9-13-16-25(37)44-35-28(32(35,4)5)26-27(45-42)23(19-36)18-33(40)24(17-20(2)29(33)38)34(26,41)21(3)30(35)43-31(39)22-14-11-10-12-15-22/h10-12,14-15,17-18,21,24,26-28,30,36,40-42H,6-9,13,16,19H2,1-5H3/t21-,24?,26?,27?,28?,30-,33-,34+,35-/m1/s1. The molecule has 1 aromatic carbocycles. The van der Waals surface area contributed by atoms with Crippen molar-refractivity contribution in [1.29, 1.82) is 0 Å². The average molecular weight is 627 g/mol. The van der Waals surface area contributed by atoms with Gasteiger partial charge in [0.05, 0.1) is 17.8 Å². The molecule has 5 rings (SSSR count). The number of hydrogen-bond donors (Lipinski definition) is 4. The topological polar surface area (TPSA) is 160 Å². The van der Waals surface area contributed by atoms with E-state index >= 15 is 0 Å². The smallest absolute Gasteiger partial charge is 0.338 e. The first-order valence-electron chi connectivity index (χ1n) is 16.1. The van der Waals surface area contributed by atoms with Crippen LogP contribution in [0.5, 0.6) is 0 Å². The van der Waals surface area contributed by atoms with Crippen LogP contribution < -0.4 is 0 Å². The highest BCUT2D eigenvalue weighted by Gasteiger charge is 2.89. The molecule has 0 bridgehead atoms. The molecule has 9 atom stereocenters. The summed E-state index contributed by atoms with van der Waals surface area (Å²) < 4.78 is 12.6. The number of benzene rings is 1. The Balaban J connectivity index is 1.64. The Morgan fingerprint density at radius 1 is 1.02 bits per heavy atom. The Kier molecular flexibility index (Phi) is 8.96. The maximum Gasteiger partial charge on any atom is 0.338 e. The van der Waals surface area contributed by atoms with E-state index in [1.54, 1.807) is 37.3 Å². The second kappa shape index (κ2) is 12.0. The molecule has 45 heavy (non-hydrogen) atoms. The third-order valence-electron chi connectivity index (χ3n) is 11.2. The summed E-state index contributed by atoms with van der Waals surface area (Å²) in [6, 6.07) is 8.33. The molecule has 0 saturated heterocycles. The van der Waals surface area contributed by atoms with Crippen molar-refractivity contribution < 1.29 is 49.3 Å². The van der Waals surface area contributed by atoms with E-state index in [1.807, 2.05) is 13.8 Å². The van der Waals surface area contributed by atoms with E-state index < -0.39 is 82.4 Å². The number of esters is 2. The number of carbonyl (C=O) groups excluding carboxylic acids is 3. The second-order valence-corrected chi connectivity index (χ2v) is 13.9. The molecular weight excluding hydrogens is 580 g/mol. The first-order chi connectivity index (χ1) is 21.3. The Morgan fingerprint density at radius 2 is 1.69 bits per heavy atom. The lowest BCUT2D eigenvalue weighted by Gasteiger charge is -2.54. The molecule has 4 unspecified atom stereocenters. The minimum atomic E-state index is -2.27. The largest absolute Gasteiger partial charge is 0.454 e. The predicted molar refractivity (Wildman–Crippen MR) is 163 cm³/mol. The van der Waals surface area contributed by atoms with Gasteiger partial charge < -0.3 is 24.8 Å². The van der Waals surface area contributed by atoms with E-state index in [2.05, 4.69) is 6.92 Å². The third kappa shape index (κ3) is 4.91. The molecule has 0 radical (unpaired) electrons. The normalized spacial score (nSPS) is 37.8. The summed E-state index contributed by atoms with van der Waals surface area (Å²) in [5.74, 6) is -5.99. The number of ketones is 1. The molecule has 0 aliphatic heterocycles. The molecule has 10 nitrogen and oxygen atoms in total. The quantitative estimate of drug-likeness (QED) is 0.0923. The van der Waals surface area contributed by atoms with Crippen molar-refractivity contribution in [1.82, 2.24) is 0 Å². The van der Waals surface area contributed by atoms with Crippen LogP contribution in [0.15, 0.2) is 53.6 Å². The fraction of sp³-hybridized carbons (Fsp3) is 0.629. The van der Waals surface area contributed by atoms with Crippen LogP contribution in [-0.4, -0.2) is 73.9 Å². The summed E-state index contributed by atoms with van der Waals surface area (Å²) in [5, 5.41) is 45.6. The number of fused-ring (bicyclic) bond motifs is 5. The Bertz CT molecular complexity index is 1380. The van der Waals surface area contributed by atoms with E-state index in [9.17, 15) is 35.0 Å². The van der Waals surface area contributed by atoms with Gasteiger partial charge in [0.15, 0.2) is 17.0 Å². The van der Waals surface area contributed by atoms with Gasteiger partial charge in [-0.1, -0.05) is 77.7 Å². The van der Waals surface area contributed by atoms with Crippen molar-refractivity contribution in [3.63, 3.8) is 0 Å². The van der Waals surface area contributed by atoms with Gasteiger partial charge in [0.2, 0.25) is 0 Å². The summed E-state index contributed by atoms with van der Waals surface area (Å²) in [6.07, 6.45) is 4.84. The van der Waals surface area contributed by atoms with Crippen molar-refractivity contribution in [2.75, 3.05) is 6.61 Å². The molecule has 0 amide bonds. The molecule has 0 aromatic heterocycles. The molecule has 1 aromatic rings. The van der Waals surface area contributed by atoms with E-state index in [0.717, 1.165) is 25.7 Å². The highest BCUT2D eigenvalue weighted by Crippen LogP contribution is 2.77. The zero-order valence-electron chi connectivity index (χ0n) is 26.7. The highest BCUT2D eigenvalue weighted by molar-refractivity contribution is 6.06. The molecule has 0 spiro atoms. The first-order valence-corrected chi connectivity index (χ1v) is 16.1. The van der Waals surface area contributed by atoms with Crippen LogP contribution in [0.1, 0.15) is 83.5 Å². The fourth-order valence-electron chi connectivity index (χ4n) is 8.88. The number of rotatable bonds is 11. The Hall–Kier alpha value is -2.89. The number of hydrogen-bond acceptors (Lipinski definition) is 10. The van der Waals surface area contributed by atoms with Gasteiger partial charge in [-0.2, -0.15) is 0 Å². The molecule has 4 N–H and O–H groups in total. The lowest BCUT2D eigenvalue weighted by atomic mass is 9.58. The van der Waals surface area contributed by atoms with Crippen LogP contribution in [0.25, 0.3) is 0 Å². The van der Waals surface area contributed by atoms with Crippen molar-refractivity contribution in [2.24, 2.45) is 29.1 Å². The monoisotopic (exact) mass is 626 g/mol. The van der Waals surface area contributed by atoms with Crippen LogP contribution in [0, 0.1) is 29.1 Å². The van der Waals surface area contributed by atoms with Crippen molar-refractivity contribution >= 4 is 17.7 Å². The average Bonchev–Trinajstić information content (AvgIpc) is 3.43. The number of unbranched alkanes of at least 4 members (excludes halogenated alkanes) is 4. The molecule has 4 aliphatic rings. The lowest BCUT2D eigenvalue weighted by molar-refractivity contribution is -0.313. The molecule has 10 heteroatoms. The van der Waals surface area contributed by atoms with E-state index in [1.165, 1.54) is 19.1 Å². The van der Waals surface area contributed by atoms with Gasteiger partial charge >= 0.3 is 11.9 Å². The summed E-state index contributed by atoms with van der Waals surface area (Å²) in [7, 11) is 0. The summed E-state index contributed by atoms with van der Waals surface area (Å²) in [5.41, 5.74) is -6.20. The summed E-state index contributed by atoms with van der Waals surface area (Å²) in [4.78, 5) is 45.5. The number of carbonyl (C=O) groups is 3. The number of Topliss-reactive ketones (excluding diaryl/α,β-unsaturated/α-hetero) is 1. The van der Waals surface area contributed by atoms with Gasteiger partial charge in [-0.25, -0.2) is 9.68 Å². The van der Waals surface area contributed by atoms with Crippen molar-refractivity contribution in [3.8, 4) is 0 Å². The van der Waals surface area contributed by atoms with Gasteiger partial charge in [-0.05, 0) is 42.7 Å². The zero-order chi connectivity index (χ0) is 32.9. The SMILES string of the molecule is CCCCCCCC(=O)O[C@]12C(C3C(OO)C(CO)=C[C@]4(O)C(=O)C(C)=CC4[C@@]3(O)[C@H](C)[C@H]1OC(=O)c1ccccc1)C2(C)C. The highest BCUT2D eigenvalue weighted by atomic mass is 17.1. The minimum absolute atomic E-state index is 0.00755. The van der Waals surface area contributed by atoms with Crippen LogP contribution in [0.4, 0.5) is 0 Å². The summed E-state index contributed by atoms with van der Waals surface area (Å²) >= 11 is 0. The van der Waals surface area contributed by atoms with Gasteiger partial charge in [0.25, 0.3) is 0 Å².